The van der Waals surface area contributed by atoms with Crippen molar-refractivity contribution >= 4 is 12.0 Å². The Labute approximate surface area is 113 Å². The van der Waals surface area contributed by atoms with E-state index in [9.17, 15) is 9.59 Å². The van der Waals surface area contributed by atoms with E-state index in [2.05, 4.69) is 10.6 Å². The summed E-state index contributed by atoms with van der Waals surface area (Å²) in [5.74, 6) is -0.233. The first-order valence-electron chi connectivity index (χ1n) is 6.92. The van der Waals surface area contributed by atoms with Crippen LogP contribution in [0.3, 0.4) is 0 Å². The van der Waals surface area contributed by atoms with Gasteiger partial charge in [-0.2, -0.15) is 0 Å². The summed E-state index contributed by atoms with van der Waals surface area (Å²) in [4.78, 5) is 21.9. The molecule has 0 aromatic carbocycles. The molecule has 2 unspecified atom stereocenters. The Hall–Kier alpha value is -1.30. The highest BCUT2D eigenvalue weighted by Crippen LogP contribution is 2.15. The second-order valence-electron chi connectivity index (χ2n) is 5.11. The zero-order valence-electron chi connectivity index (χ0n) is 11.5. The van der Waals surface area contributed by atoms with E-state index >= 15 is 0 Å². The van der Waals surface area contributed by atoms with Crippen molar-refractivity contribution < 1.29 is 19.4 Å². The van der Waals surface area contributed by atoms with Crippen molar-refractivity contribution in [3.8, 4) is 0 Å². The monoisotopic (exact) mass is 272 g/mol. The largest absolute Gasteiger partial charge is 0.481 e. The van der Waals surface area contributed by atoms with Crippen molar-refractivity contribution in [3.63, 3.8) is 0 Å². The molecule has 1 heterocycles. The van der Waals surface area contributed by atoms with Gasteiger partial charge in [-0.3, -0.25) is 4.79 Å². The Morgan fingerprint density at radius 3 is 2.89 bits per heavy atom. The molecule has 1 fully saturated rings. The minimum Gasteiger partial charge on any atom is -0.481 e. The predicted molar refractivity (Wildman–Crippen MR) is 71.0 cm³/mol. The molecule has 6 nitrogen and oxygen atoms in total. The van der Waals surface area contributed by atoms with Crippen LogP contribution in [-0.4, -0.2) is 42.9 Å². The van der Waals surface area contributed by atoms with Crippen LogP contribution in [0.25, 0.3) is 0 Å². The van der Waals surface area contributed by atoms with Crippen LogP contribution in [0.1, 0.15) is 39.0 Å². The highest BCUT2D eigenvalue weighted by molar-refractivity contribution is 5.74. The van der Waals surface area contributed by atoms with Gasteiger partial charge in [0.05, 0.1) is 0 Å². The maximum atomic E-state index is 11.6. The summed E-state index contributed by atoms with van der Waals surface area (Å²) in [5, 5.41) is 14.1. The Morgan fingerprint density at radius 1 is 1.47 bits per heavy atom. The Kier molecular flexibility index (Phi) is 7.25. The van der Waals surface area contributed by atoms with Gasteiger partial charge >= 0.3 is 12.0 Å². The van der Waals surface area contributed by atoms with Gasteiger partial charge in [0.25, 0.3) is 0 Å². The minimum atomic E-state index is -0.796. The molecule has 1 saturated heterocycles. The molecule has 19 heavy (non-hydrogen) atoms. The number of ether oxygens (including phenoxy) is 1. The molecule has 0 saturated carbocycles. The summed E-state index contributed by atoms with van der Waals surface area (Å²) in [5.41, 5.74) is 0. The molecule has 1 aliphatic rings. The molecule has 0 aromatic rings. The molecule has 2 atom stereocenters. The fourth-order valence-corrected chi connectivity index (χ4v) is 2.11. The predicted octanol–water partition coefficient (Wildman–Crippen LogP) is 1.36. The van der Waals surface area contributed by atoms with Gasteiger partial charge < -0.3 is 20.5 Å². The maximum Gasteiger partial charge on any atom is 0.314 e. The third-order valence-corrected chi connectivity index (χ3v) is 3.27. The summed E-state index contributed by atoms with van der Waals surface area (Å²) in [6.07, 6.45) is 3.43. The smallest absolute Gasteiger partial charge is 0.314 e. The van der Waals surface area contributed by atoms with Crippen molar-refractivity contribution in [2.24, 2.45) is 5.92 Å². The first-order chi connectivity index (χ1) is 9.08. The van der Waals surface area contributed by atoms with Gasteiger partial charge in [-0.25, -0.2) is 4.79 Å². The van der Waals surface area contributed by atoms with E-state index in [-0.39, 0.29) is 18.5 Å². The summed E-state index contributed by atoms with van der Waals surface area (Å²) in [6, 6.07) is -0.184. The van der Waals surface area contributed by atoms with Gasteiger partial charge in [-0.15, -0.1) is 0 Å². The van der Waals surface area contributed by atoms with Gasteiger partial charge in [0.1, 0.15) is 0 Å². The zero-order chi connectivity index (χ0) is 14.1. The number of aliphatic carboxylic acids is 1. The Morgan fingerprint density at radius 2 is 2.26 bits per heavy atom. The normalized spacial score (nSPS) is 19.9. The Bertz CT molecular complexity index is 290. The molecule has 0 radical (unpaired) electrons. The van der Waals surface area contributed by atoms with Crippen LogP contribution in [0, 0.1) is 5.92 Å². The van der Waals surface area contributed by atoms with Crippen LogP contribution in [0.5, 0.6) is 0 Å². The molecule has 0 bridgehead atoms. The molecular weight excluding hydrogens is 248 g/mol. The van der Waals surface area contributed by atoms with E-state index in [1.54, 1.807) is 0 Å². The number of carboxylic acid groups (broad SMARTS) is 1. The van der Waals surface area contributed by atoms with E-state index in [1.165, 1.54) is 0 Å². The molecule has 0 spiro atoms. The van der Waals surface area contributed by atoms with Crippen molar-refractivity contribution in [2.75, 3.05) is 19.8 Å². The van der Waals surface area contributed by atoms with Crippen molar-refractivity contribution in [3.05, 3.63) is 0 Å². The summed E-state index contributed by atoms with van der Waals surface area (Å²) in [7, 11) is 0. The number of amides is 2. The number of carbonyl (C=O) groups is 2. The topological polar surface area (TPSA) is 87.7 Å². The average Bonchev–Trinajstić information content (AvgIpc) is 2.81. The molecular formula is C13H24N2O4. The van der Waals surface area contributed by atoms with E-state index in [4.69, 9.17) is 9.84 Å². The van der Waals surface area contributed by atoms with Crippen LogP contribution in [0.2, 0.25) is 0 Å². The number of carboxylic acids is 1. The van der Waals surface area contributed by atoms with Crippen LogP contribution in [0.4, 0.5) is 4.79 Å². The van der Waals surface area contributed by atoms with Crippen LogP contribution < -0.4 is 10.6 Å². The SMILES string of the molecule is CC(CCCC(=O)O)NC(=O)NCCC1CCOC1. The first-order valence-corrected chi connectivity index (χ1v) is 6.92. The molecule has 110 valence electrons. The van der Waals surface area contributed by atoms with Crippen molar-refractivity contribution in [1.82, 2.24) is 10.6 Å². The van der Waals surface area contributed by atoms with Crippen molar-refractivity contribution in [2.45, 2.75) is 45.1 Å². The standard InChI is InChI=1S/C13H24N2O4/c1-10(3-2-4-12(16)17)15-13(18)14-7-5-11-6-8-19-9-11/h10-11H,2-9H2,1H3,(H,16,17)(H2,14,15,18). The van der Waals surface area contributed by atoms with Gasteiger partial charge in [-0.05, 0) is 38.5 Å². The lowest BCUT2D eigenvalue weighted by Gasteiger charge is -2.15. The van der Waals surface area contributed by atoms with E-state index in [0.717, 1.165) is 26.1 Å². The molecule has 0 aliphatic carbocycles. The molecule has 6 heteroatoms. The van der Waals surface area contributed by atoms with Gasteiger partial charge in [0, 0.05) is 32.2 Å². The van der Waals surface area contributed by atoms with Crippen LogP contribution in [-0.2, 0) is 9.53 Å². The molecule has 2 amide bonds. The van der Waals surface area contributed by atoms with Gasteiger partial charge in [0.15, 0.2) is 0 Å². The minimum absolute atomic E-state index is 0.00540. The molecule has 3 N–H and O–H groups in total. The zero-order valence-corrected chi connectivity index (χ0v) is 11.5. The van der Waals surface area contributed by atoms with Gasteiger partial charge in [0.2, 0.25) is 0 Å². The lowest BCUT2D eigenvalue weighted by Crippen LogP contribution is -2.41. The third-order valence-electron chi connectivity index (χ3n) is 3.27. The first kappa shape index (κ1) is 15.8. The fraction of sp³-hybridized carbons (Fsp3) is 0.846. The number of carbonyl (C=O) groups excluding carboxylic acids is 1. The fourth-order valence-electron chi connectivity index (χ4n) is 2.11. The molecule has 1 rings (SSSR count). The number of rotatable bonds is 8. The maximum absolute atomic E-state index is 11.6. The quantitative estimate of drug-likeness (QED) is 0.622. The summed E-state index contributed by atoms with van der Waals surface area (Å²) >= 11 is 0. The number of urea groups is 1. The number of hydrogen-bond acceptors (Lipinski definition) is 3. The van der Waals surface area contributed by atoms with E-state index < -0.39 is 5.97 Å². The average molecular weight is 272 g/mol. The second-order valence-corrected chi connectivity index (χ2v) is 5.11. The third kappa shape index (κ3) is 7.66. The van der Waals surface area contributed by atoms with Crippen LogP contribution in [0.15, 0.2) is 0 Å². The summed E-state index contributed by atoms with van der Waals surface area (Å²) < 4.78 is 5.27. The Balaban J connectivity index is 2.00. The van der Waals surface area contributed by atoms with E-state index in [0.29, 0.717) is 25.3 Å². The van der Waals surface area contributed by atoms with Gasteiger partial charge in [-0.1, -0.05) is 0 Å². The summed E-state index contributed by atoms with van der Waals surface area (Å²) in [6.45, 7) is 4.17. The van der Waals surface area contributed by atoms with E-state index in [1.807, 2.05) is 6.92 Å². The number of nitrogens with one attached hydrogen (secondary N) is 2. The molecule has 0 aromatic heterocycles. The lowest BCUT2D eigenvalue weighted by atomic mass is 10.1. The highest BCUT2D eigenvalue weighted by Gasteiger charge is 2.15. The van der Waals surface area contributed by atoms with Crippen LogP contribution >= 0.6 is 0 Å². The van der Waals surface area contributed by atoms with Crippen molar-refractivity contribution in [1.29, 1.82) is 0 Å². The molecule has 1 aliphatic heterocycles. The highest BCUT2D eigenvalue weighted by atomic mass is 16.5. The second kappa shape index (κ2) is 8.74. The lowest BCUT2D eigenvalue weighted by molar-refractivity contribution is -0.137. The number of hydrogen-bond donors (Lipinski definition) is 3.